The molecule has 0 N–H and O–H groups in total. The monoisotopic (exact) mass is 640 g/mol. The lowest BCUT2D eigenvalue weighted by atomic mass is 9.99. The fraction of sp³-hybridized carbons (Fsp3) is 0. The van der Waals surface area contributed by atoms with Crippen LogP contribution in [-0.4, -0.2) is 19.9 Å². The molecule has 3 aromatic heterocycles. The van der Waals surface area contributed by atoms with Gasteiger partial charge in [0.2, 0.25) is 0 Å². The van der Waals surface area contributed by atoms with E-state index in [0.29, 0.717) is 5.82 Å². The molecule has 0 saturated heterocycles. The molecule has 8 aromatic rings. The molecule has 4 heteroatoms. The molecule has 0 saturated carbocycles. The number of rotatable bonds is 8. The molecule has 0 radical (unpaired) electrons. The van der Waals surface area contributed by atoms with Crippen molar-refractivity contribution in [3.05, 3.63) is 189 Å². The minimum absolute atomic E-state index is 0.602. The van der Waals surface area contributed by atoms with E-state index in [9.17, 15) is 0 Å². The Labute approximate surface area is 291 Å². The van der Waals surface area contributed by atoms with Crippen LogP contribution in [0.2, 0.25) is 0 Å². The molecule has 4 nitrogen and oxygen atoms in total. The van der Waals surface area contributed by atoms with Gasteiger partial charge in [0.05, 0.1) is 28.1 Å². The van der Waals surface area contributed by atoms with Crippen LogP contribution in [0.5, 0.6) is 0 Å². The summed E-state index contributed by atoms with van der Waals surface area (Å²) in [7, 11) is 0. The maximum atomic E-state index is 5.02. The second kappa shape index (κ2) is 13.4. The van der Waals surface area contributed by atoms with Crippen molar-refractivity contribution < 1.29 is 0 Å². The van der Waals surface area contributed by atoms with Crippen molar-refractivity contribution >= 4 is 27.4 Å². The molecule has 0 aliphatic carbocycles. The topological polar surface area (TPSA) is 51.6 Å². The number of benzene rings is 5. The van der Waals surface area contributed by atoms with Crippen molar-refractivity contribution in [3.8, 4) is 56.0 Å². The molecule has 0 aliphatic rings. The molecule has 0 amide bonds. The Morgan fingerprint density at radius 3 is 1.50 bits per heavy atom. The molecular formula is C46H32N4. The highest BCUT2D eigenvalue weighted by Crippen LogP contribution is 2.31. The van der Waals surface area contributed by atoms with Gasteiger partial charge in [0.1, 0.15) is 0 Å². The number of hydrogen-bond acceptors (Lipinski definition) is 4. The summed E-state index contributed by atoms with van der Waals surface area (Å²) >= 11 is 0. The number of fused-ring (bicyclic) bond motifs is 3. The van der Waals surface area contributed by atoms with Crippen molar-refractivity contribution in [1.29, 1.82) is 0 Å². The average Bonchev–Trinajstić information content (AvgIpc) is 3.20. The van der Waals surface area contributed by atoms with Crippen LogP contribution in [0.25, 0.3) is 83.4 Å². The van der Waals surface area contributed by atoms with Gasteiger partial charge in [-0.25, -0.2) is 15.0 Å². The quantitative estimate of drug-likeness (QED) is 0.122. The lowest BCUT2D eigenvalue weighted by molar-refractivity contribution is 1.13. The summed E-state index contributed by atoms with van der Waals surface area (Å²) in [6.45, 7) is 7.87. The van der Waals surface area contributed by atoms with E-state index in [2.05, 4.69) is 152 Å². The molecule has 8 rings (SSSR count). The minimum Gasteiger partial charge on any atom is -0.254 e. The summed E-state index contributed by atoms with van der Waals surface area (Å²) in [5, 5.41) is 2.17. The fourth-order valence-corrected chi connectivity index (χ4v) is 6.25. The van der Waals surface area contributed by atoms with Crippen molar-refractivity contribution in [2.24, 2.45) is 0 Å². The Morgan fingerprint density at radius 1 is 0.440 bits per heavy atom. The zero-order valence-corrected chi connectivity index (χ0v) is 27.4. The molecule has 0 fully saturated rings. The van der Waals surface area contributed by atoms with E-state index in [1.165, 1.54) is 5.56 Å². The first-order valence-corrected chi connectivity index (χ1v) is 16.5. The average molecular weight is 641 g/mol. The third-order valence-electron chi connectivity index (χ3n) is 8.92. The molecule has 3 heterocycles. The molecule has 0 atom stereocenters. The van der Waals surface area contributed by atoms with E-state index in [1.807, 2.05) is 24.4 Å². The van der Waals surface area contributed by atoms with E-state index >= 15 is 0 Å². The predicted molar refractivity (Wildman–Crippen MR) is 208 cm³/mol. The summed E-state index contributed by atoms with van der Waals surface area (Å²) in [6, 6.07) is 50.4. The Morgan fingerprint density at radius 2 is 0.940 bits per heavy atom. The maximum absolute atomic E-state index is 5.02. The Kier molecular flexibility index (Phi) is 8.17. The number of allylic oxidation sites excluding steroid dienone is 4. The third kappa shape index (κ3) is 6.02. The van der Waals surface area contributed by atoms with Gasteiger partial charge in [-0.2, -0.15) is 0 Å². The third-order valence-corrected chi connectivity index (χ3v) is 8.92. The van der Waals surface area contributed by atoms with Crippen LogP contribution in [0.4, 0.5) is 0 Å². The van der Waals surface area contributed by atoms with Gasteiger partial charge in [-0.15, -0.1) is 0 Å². The van der Waals surface area contributed by atoms with Crippen LogP contribution >= 0.6 is 0 Å². The van der Waals surface area contributed by atoms with Gasteiger partial charge in [0.25, 0.3) is 0 Å². The standard InChI is InChI=1S/C46H32N4/c1-3-9-31(4-2)46-49-42(37-21-15-33(16-22-37)32-10-6-5-7-11-32)30-43(50-46)38-23-17-35(18-24-38)34-13-19-36(20-14-34)41-28-27-40-26-25-39-12-8-29-47-44(39)45(40)48-41/h3-30H,1-2H2/b31-9+. The zero-order valence-electron chi connectivity index (χ0n) is 27.4. The lowest BCUT2D eigenvalue weighted by Gasteiger charge is -2.11. The Hall–Kier alpha value is -6.78. The first kappa shape index (κ1) is 30.5. The van der Waals surface area contributed by atoms with E-state index in [-0.39, 0.29) is 0 Å². The summed E-state index contributed by atoms with van der Waals surface area (Å²) < 4.78 is 0. The van der Waals surface area contributed by atoms with Gasteiger partial charge in [-0.1, -0.05) is 159 Å². The second-order valence-electron chi connectivity index (χ2n) is 12.0. The minimum atomic E-state index is 0.602. The highest BCUT2D eigenvalue weighted by atomic mass is 14.9. The van der Waals surface area contributed by atoms with Gasteiger partial charge in [0.15, 0.2) is 5.82 Å². The molecule has 236 valence electrons. The largest absolute Gasteiger partial charge is 0.254 e. The van der Waals surface area contributed by atoms with Gasteiger partial charge >= 0.3 is 0 Å². The molecule has 0 aliphatic heterocycles. The van der Waals surface area contributed by atoms with E-state index in [0.717, 1.165) is 77.8 Å². The Bertz CT molecular complexity index is 2530. The summed E-state index contributed by atoms with van der Waals surface area (Å²) in [4.78, 5) is 19.5. The first-order valence-electron chi connectivity index (χ1n) is 16.5. The van der Waals surface area contributed by atoms with Gasteiger partial charge in [0, 0.05) is 39.2 Å². The van der Waals surface area contributed by atoms with Gasteiger partial charge in [-0.05, 0) is 40.5 Å². The van der Waals surface area contributed by atoms with E-state index in [1.54, 1.807) is 12.2 Å². The second-order valence-corrected chi connectivity index (χ2v) is 12.0. The molecular weight excluding hydrogens is 609 g/mol. The van der Waals surface area contributed by atoms with Crippen LogP contribution in [-0.2, 0) is 0 Å². The van der Waals surface area contributed by atoms with Crippen LogP contribution in [0.15, 0.2) is 183 Å². The lowest BCUT2D eigenvalue weighted by Crippen LogP contribution is -1.98. The highest BCUT2D eigenvalue weighted by molar-refractivity contribution is 6.03. The number of hydrogen-bond donors (Lipinski definition) is 0. The fourth-order valence-electron chi connectivity index (χ4n) is 6.25. The smallest absolute Gasteiger partial charge is 0.160 e. The van der Waals surface area contributed by atoms with Gasteiger partial charge in [-0.3, -0.25) is 4.98 Å². The normalized spacial score (nSPS) is 11.5. The van der Waals surface area contributed by atoms with Crippen molar-refractivity contribution in [3.63, 3.8) is 0 Å². The first-order chi connectivity index (χ1) is 24.7. The number of aromatic nitrogens is 4. The molecule has 0 spiro atoms. The van der Waals surface area contributed by atoms with Crippen LogP contribution in [0.3, 0.4) is 0 Å². The summed E-state index contributed by atoms with van der Waals surface area (Å²) in [6.07, 6.45) is 7.20. The van der Waals surface area contributed by atoms with E-state index < -0.39 is 0 Å². The van der Waals surface area contributed by atoms with Crippen molar-refractivity contribution in [2.45, 2.75) is 0 Å². The van der Waals surface area contributed by atoms with Crippen molar-refractivity contribution in [2.75, 3.05) is 0 Å². The van der Waals surface area contributed by atoms with Crippen LogP contribution < -0.4 is 0 Å². The predicted octanol–water partition coefficient (Wildman–Crippen LogP) is 11.7. The molecule has 0 bridgehead atoms. The van der Waals surface area contributed by atoms with Gasteiger partial charge < -0.3 is 0 Å². The van der Waals surface area contributed by atoms with Crippen molar-refractivity contribution in [1.82, 2.24) is 19.9 Å². The molecule has 50 heavy (non-hydrogen) atoms. The highest BCUT2D eigenvalue weighted by Gasteiger charge is 2.12. The van der Waals surface area contributed by atoms with Crippen LogP contribution in [0, 0.1) is 0 Å². The van der Waals surface area contributed by atoms with E-state index in [4.69, 9.17) is 15.0 Å². The Balaban J connectivity index is 1.10. The number of nitrogens with zero attached hydrogens (tertiary/aromatic N) is 4. The zero-order chi connectivity index (χ0) is 33.9. The number of pyridine rings is 2. The molecule has 5 aromatic carbocycles. The maximum Gasteiger partial charge on any atom is 0.160 e. The SMILES string of the molecule is C=C/C=C(\C=C)c1nc(-c2ccc(-c3ccccc3)cc2)cc(-c2ccc(-c3ccc(-c4ccc5ccc6cccnc6c5n4)cc3)cc2)n1. The summed E-state index contributed by atoms with van der Waals surface area (Å²) in [5.74, 6) is 0.602. The molecule has 0 unspecified atom stereocenters. The van der Waals surface area contributed by atoms with Crippen LogP contribution in [0.1, 0.15) is 5.82 Å². The summed E-state index contributed by atoms with van der Waals surface area (Å²) in [5.41, 5.74) is 12.9.